The van der Waals surface area contributed by atoms with Crippen molar-refractivity contribution in [3.05, 3.63) is 18.3 Å². The summed E-state index contributed by atoms with van der Waals surface area (Å²) in [6.45, 7) is 5.86. The average Bonchev–Trinajstić information content (AvgIpc) is 2.47. The number of aromatic nitrogens is 1. The van der Waals surface area contributed by atoms with Gasteiger partial charge in [-0.3, -0.25) is 0 Å². The summed E-state index contributed by atoms with van der Waals surface area (Å²) in [7, 11) is 4.07. The molecule has 1 saturated heterocycles. The average molecular weight is 309 g/mol. The zero-order valence-corrected chi connectivity index (χ0v) is 14.6. The smallest absolute Gasteiger partial charge is 0.0999 e. The molecule has 4 nitrogen and oxygen atoms in total. The number of hydrogen-bond donors (Lipinski definition) is 1. The molecule has 21 heavy (non-hydrogen) atoms. The standard InChI is InChI=1S/C16H27N3OS/c1-15(2,18(3)4)16(20)9-6-10-19(12-16)13-7-8-14(21-5)17-11-13/h7-8,11,20H,6,9-10,12H2,1-5H3. The summed E-state index contributed by atoms with van der Waals surface area (Å²) < 4.78 is 0. The third-order valence-corrected chi connectivity index (χ3v) is 5.68. The lowest BCUT2D eigenvalue weighted by atomic mass is 9.76. The number of likely N-dealkylation sites (N-methyl/N-ethyl adjacent to an activating group) is 1. The van der Waals surface area contributed by atoms with E-state index in [1.807, 2.05) is 32.6 Å². The van der Waals surface area contributed by atoms with Crippen molar-refractivity contribution in [3.63, 3.8) is 0 Å². The van der Waals surface area contributed by atoms with Crippen molar-refractivity contribution >= 4 is 17.4 Å². The number of aliphatic hydroxyl groups is 1. The second-order valence-corrected chi connectivity index (χ2v) is 7.40. The summed E-state index contributed by atoms with van der Waals surface area (Å²) in [4.78, 5) is 8.82. The number of piperidine rings is 1. The van der Waals surface area contributed by atoms with Crippen molar-refractivity contribution in [1.29, 1.82) is 0 Å². The Bertz CT molecular complexity index is 475. The Balaban J connectivity index is 2.20. The number of nitrogens with zero attached hydrogens (tertiary/aromatic N) is 3. The summed E-state index contributed by atoms with van der Waals surface area (Å²) in [6.07, 6.45) is 5.78. The fourth-order valence-corrected chi connectivity index (χ4v) is 3.21. The molecule has 1 unspecified atom stereocenters. The van der Waals surface area contributed by atoms with Gasteiger partial charge in [-0.05, 0) is 59.2 Å². The van der Waals surface area contributed by atoms with Crippen LogP contribution in [0.25, 0.3) is 0 Å². The van der Waals surface area contributed by atoms with Gasteiger partial charge in [0.1, 0.15) is 0 Å². The third kappa shape index (κ3) is 3.20. The minimum Gasteiger partial charge on any atom is -0.386 e. The fourth-order valence-electron chi connectivity index (χ4n) is 2.85. The van der Waals surface area contributed by atoms with E-state index in [2.05, 4.69) is 34.7 Å². The van der Waals surface area contributed by atoms with E-state index in [-0.39, 0.29) is 5.54 Å². The van der Waals surface area contributed by atoms with Crippen molar-refractivity contribution in [2.75, 3.05) is 38.3 Å². The molecule has 0 amide bonds. The van der Waals surface area contributed by atoms with Crippen molar-refractivity contribution < 1.29 is 5.11 Å². The van der Waals surface area contributed by atoms with Crippen LogP contribution in [0.2, 0.25) is 0 Å². The molecule has 1 aliphatic heterocycles. The van der Waals surface area contributed by atoms with Crippen LogP contribution >= 0.6 is 11.8 Å². The van der Waals surface area contributed by atoms with Gasteiger partial charge in [0, 0.05) is 18.6 Å². The van der Waals surface area contributed by atoms with Crippen LogP contribution in [0.5, 0.6) is 0 Å². The molecule has 0 saturated carbocycles. The van der Waals surface area contributed by atoms with E-state index >= 15 is 0 Å². The Labute approximate surface area is 132 Å². The first-order valence-electron chi connectivity index (χ1n) is 7.45. The van der Waals surface area contributed by atoms with Gasteiger partial charge in [-0.1, -0.05) is 0 Å². The van der Waals surface area contributed by atoms with E-state index in [1.54, 1.807) is 11.8 Å². The second-order valence-electron chi connectivity index (χ2n) is 6.57. The molecule has 0 bridgehead atoms. The monoisotopic (exact) mass is 309 g/mol. The van der Waals surface area contributed by atoms with Crippen LogP contribution in [0.4, 0.5) is 5.69 Å². The van der Waals surface area contributed by atoms with Crippen molar-refractivity contribution in [3.8, 4) is 0 Å². The van der Waals surface area contributed by atoms with E-state index in [9.17, 15) is 5.11 Å². The molecule has 118 valence electrons. The minimum absolute atomic E-state index is 0.266. The highest BCUT2D eigenvalue weighted by molar-refractivity contribution is 7.98. The molecular formula is C16H27N3OS. The number of β-amino-alcohol motifs (C(OH)–C–C–N with tert-alkyl or cyclic N) is 1. The van der Waals surface area contributed by atoms with Gasteiger partial charge in [0.2, 0.25) is 0 Å². The van der Waals surface area contributed by atoms with Crippen LogP contribution < -0.4 is 4.90 Å². The maximum atomic E-state index is 11.2. The predicted molar refractivity (Wildman–Crippen MR) is 90.2 cm³/mol. The van der Waals surface area contributed by atoms with Crippen LogP contribution in [-0.2, 0) is 0 Å². The quantitative estimate of drug-likeness (QED) is 0.865. The van der Waals surface area contributed by atoms with Crippen molar-refractivity contribution in [2.24, 2.45) is 0 Å². The first-order chi connectivity index (χ1) is 9.80. The van der Waals surface area contributed by atoms with Gasteiger partial charge in [-0.2, -0.15) is 0 Å². The highest BCUT2D eigenvalue weighted by atomic mass is 32.2. The van der Waals surface area contributed by atoms with Crippen LogP contribution in [-0.4, -0.2) is 59.6 Å². The van der Waals surface area contributed by atoms with Crippen LogP contribution in [0.3, 0.4) is 0 Å². The number of hydrogen-bond acceptors (Lipinski definition) is 5. The lowest BCUT2D eigenvalue weighted by molar-refractivity contribution is -0.0882. The fraction of sp³-hybridized carbons (Fsp3) is 0.688. The Hall–Kier alpha value is -0.780. The lowest BCUT2D eigenvalue weighted by Crippen LogP contribution is -2.65. The Kier molecular flexibility index (Phi) is 4.85. The summed E-state index contributed by atoms with van der Waals surface area (Å²) in [5.41, 5.74) is 0.117. The maximum absolute atomic E-state index is 11.2. The van der Waals surface area contributed by atoms with Gasteiger partial charge in [-0.25, -0.2) is 4.98 Å². The Morgan fingerprint density at radius 3 is 2.62 bits per heavy atom. The molecular weight excluding hydrogens is 282 g/mol. The molecule has 1 atom stereocenters. The second kappa shape index (κ2) is 6.15. The highest BCUT2D eigenvalue weighted by Gasteiger charge is 2.47. The number of anilines is 1. The minimum atomic E-state index is -0.715. The normalized spacial score (nSPS) is 23.7. The van der Waals surface area contributed by atoms with Crippen molar-refractivity contribution in [1.82, 2.24) is 9.88 Å². The zero-order valence-electron chi connectivity index (χ0n) is 13.8. The molecule has 1 aromatic heterocycles. The van der Waals surface area contributed by atoms with Crippen LogP contribution in [0.1, 0.15) is 26.7 Å². The van der Waals surface area contributed by atoms with Crippen LogP contribution in [0.15, 0.2) is 23.4 Å². The zero-order chi connectivity index (χ0) is 15.7. The lowest BCUT2D eigenvalue weighted by Gasteiger charge is -2.52. The van der Waals surface area contributed by atoms with Crippen molar-refractivity contribution in [2.45, 2.75) is 42.9 Å². The van der Waals surface area contributed by atoms with E-state index in [4.69, 9.17) is 0 Å². The molecule has 1 aliphatic rings. The number of thioether (sulfide) groups is 1. The first-order valence-corrected chi connectivity index (χ1v) is 8.67. The van der Waals surface area contributed by atoms with E-state index < -0.39 is 5.60 Å². The molecule has 5 heteroatoms. The van der Waals surface area contributed by atoms with Gasteiger partial charge in [0.05, 0.1) is 22.5 Å². The molecule has 2 heterocycles. The summed E-state index contributed by atoms with van der Waals surface area (Å²) in [5.74, 6) is 0. The van der Waals surface area contributed by atoms with Gasteiger partial charge in [0.15, 0.2) is 0 Å². The number of pyridine rings is 1. The Morgan fingerprint density at radius 1 is 1.38 bits per heavy atom. The predicted octanol–water partition coefficient (Wildman–Crippen LogP) is 2.48. The molecule has 0 aromatic carbocycles. The topological polar surface area (TPSA) is 39.6 Å². The van der Waals surface area contributed by atoms with Gasteiger partial charge >= 0.3 is 0 Å². The molecule has 1 N–H and O–H groups in total. The molecule has 1 fully saturated rings. The van der Waals surface area contributed by atoms with Gasteiger partial charge in [0.25, 0.3) is 0 Å². The summed E-state index contributed by atoms with van der Waals surface area (Å²) >= 11 is 1.65. The third-order valence-electron chi connectivity index (χ3n) is 5.02. The number of rotatable bonds is 4. The van der Waals surface area contributed by atoms with E-state index in [0.717, 1.165) is 30.1 Å². The summed E-state index contributed by atoms with van der Waals surface area (Å²) in [5, 5.41) is 12.2. The van der Waals surface area contributed by atoms with Gasteiger partial charge in [-0.15, -0.1) is 11.8 Å². The highest BCUT2D eigenvalue weighted by Crippen LogP contribution is 2.36. The molecule has 2 rings (SSSR count). The van der Waals surface area contributed by atoms with Gasteiger partial charge < -0.3 is 14.9 Å². The SMILES string of the molecule is CSc1ccc(N2CCCC(O)(C(C)(C)N(C)C)C2)cn1. The molecule has 1 aromatic rings. The Morgan fingerprint density at radius 2 is 2.10 bits per heavy atom. The summed E-state index contributed by atoms with van der Waals surface area (Å²) in [6, 6.07) is 4.15. The first kappa shape index (κ1) is 16.6. The molecule has 0 spiro atoms. The van der Waals surface area contributed by atoms with E-state index in [0.29, 0.717) is 6.54 Å². The van der Waals surface area contributed by atoms with Crippen LogP contribution in [0, 0.1) is 0 Å². The largest absolute Gasteiger partial charge is 0.386 e. The molecule has 0 radical (unpaired) electrons. The van der Waals surface area contributed by atoms with E-state index in [1.165, 1.54) is 0 Å². The molecule has 0 aliphatic carbocycles. The maximum Gasteiger partial charge on any atom is 0.0999 e.